The van der Waals surface area contributed by atoms with Crippen LogP contribution in [0.15, 0.2) is 48.9 Å². The smallest absolute Gasteiger partial charge is 0.278 e. The van der Waals surface area contributed by atoms with Crippen LogP contribution >= 0.6 is 0 Å². The number of nitrogens with one attached hydrogen (secondary N) is 2. The third-order valence-corrected chi connectivity index (χ3v) is 6.68. The SMILES string of the molecule is NCCCCC(N)C(=O)NCCc1ccc(-c2cnc(N)c(C(=O)Nc3cnccc3N3CCOCC3)n2)cc1. The Labute approximate surface area is 233 Å². The first-order valence-electron chi connectivity index (χ1n) is 13.5. The van der Waals surface area contributed by atoms with Gasteiger partial charge in [-0.25, -0.2) is 9.97 Å². The molecule has 12 heteroatoms. The zero-order valence-electron chi connectivity index (χ0n) is 22.5. The van der Waals surface area contributed by atoms with Crippen molar-refractivity contribution in [2.75, 3.05) is 55.3 Å². The third kappa shape index (κ3) is 7.72. The highest BCUT2D eigenvalue weighted by atomic mass is 16.5. The summed E-state index contributed by atoms with van der Waals surface area (Å²) in [4.78, 5) is 40.4. The van der Waals surface area contributed by atoms with Gasteiger partial charge in [0.05, 0.1) is 48.7 Å². The van der Waals surface area contributed by atoms with Crippen molar-refractivity contribution in [1.29, 1.82) is 0 Å². The van der Waals surface area contributed by atoms with E-state index in [0.29, 0.717) is 50.5 Å². The Hall–Kier alpha value is -4.13. The van der Waals surface area contributed by atoms with E-state index in [2.05, 4.69) is 30.5 Å². The van der Waals surface area contributed by atoms with Gasteiger partial charge in [-0.2, -0.15) is 0 Å². The average molecular weight is 548 g/mol. The zero-order chi connectivity index (χ0) is 28.3. The van der Waals surface area contributed by atoms with Gasteiger partial charge in [-0.15, -0.1) is 0 Å². The molecule has 0 spiro atoms. The molecule has 1 saturated heterocycles. The summed E-state index contributed by atoms with van der Waals surface area (Å²) in [5.74, 6) is -0.588. The molecule has 40 heavy (non-hydrogen) atoms. The van der Waals surface area contributed by atoms with Crippen LogP contribution in [0, 0.1) is 0 Å². The van der Waals surface area contributed by atoms with Crippen molar-refractivity contribution in [2.45, 2.75) is 31.7 Å². The molecular weight excluding hydrogens is 510 g/mol. The number of nitrogens with zero attached hydrogens (tertiary/aromatic N) is 4. The molecule has 2 aromatic heterocycles. The van der Waals surface area contributed by atoms with Gasteiger partial charge in [-0.3, -0.25) is 14.6 Å². The van der Waals surface area contributed by atoms with Gasteiger partial charge in [0.25, 0.3) is 5.91 Å². The molecule has 1 aliphatic rings. The number of benzene rings is 1. The molecule has 3 heterocycles. The Bertz CT molecular complexity index is 1280. The van der Waals surface area contributed by atoms with E-state index in [-0.39, 0.29) is 17.4 Å². The highest BCUT2D eigenvalue weighted by Gasteiger charge is 2.20. The minimum absolute atomic E-state index is 0.0314. The van der Waals surface area contributed by atoms with Crippen molar-refractivity contribution in [2.24, 2.45) is 11.5 Å². The van der Waals surface area contributed by atoms with Crippen molar-refractivity contribution in [3.8, 4) is 11.3 Å². The van der Waals surface area contributed by atoms with Crippen LogP contribution in [0.3, 0.4) is 0 Å². The van der Waals surface area contributed by atoms with E-state index in [1.54, 1.807) is 12.4 Å². The summed E-state index contributed by atoms with van der Waals surface area (Å²) < 4.78 is 5.44. The van der Waals surface area contributed by atoms with Gasteiger partial charge in [0.15, 0.2) is 11.5 Å². The lowest BCUT2D eigenvalue weighted by atomic mass is 10.1. The van der Waals surface area contributed by atoms with Gasteiger partial charge < -0.3 is 37.5 Å². The molecule has 1 aliphatic heterocycles. The second-order valence-electron chi connectivity index (χ2n) is 9.56. The van der Waals surface area contributed by atoms with Crippen molar-refractivity contribution >= 4 is 29.0 Å². The number of carbonyl (C=O) groups excluding carboxylic acids is 2. The van der Waals surface area contributed by atoms with Gasteiger partial charge in [-0.05, 0) is 37.4 Å². The number of rotatable bonds is 12. The van der Waals surface area contributed by atoms with Crippen LogP contribution in [0.5, 0.6) is 0 Å². The Morgan fingerprint density at radius 3 is 2.60 bits per heavy atom. The summed E-state index contributed by atoms with van der Waals surface area (Å²) in [5.41, 5.74) is 21.2. The van der Waals surface area contributed by atoms with Gasteiger partial charge in [0, 0.05) is 31.4 Å². The van der Waals surface area contributed by atoms with Crippen LogP contribution in [0.2, 0.25) is 0 Å². The van der Waals surface area contributed by atoms with Crippen LogP contribution in [-0.2, 0) is 16.0 Å². The Morgan fingerprint density at radius 1 is 1.07 bits per heavy atom. The molecule has 1 unspecified atom stereocenters. The number of hydrogen-bond donors (Lipinski definition) is 5. The summed E-state index contributed by atoms with van der Waals surface area (Å²) >= 11 is 0. The summed E-state index contributed by atoms with van der Waals surface area (Å²) in [6.07, 6.45) is 7.80. The van der Waals surface area contributed by atoms with Crippen LogP contribution in [-0.4, -0.2) is 72.2 Å². The highest BCUT2D eigenvalue weighted by molar-refractivity contribution is 6.07. The monoisotopic (exact) mass is 547 g/mol. The molecule has 1 fully saturated rings. The first-order valence-corrected chi connectivity index (χ1v) is 13.5. The number of amides is 2. The average Bonchev–Trinajstić information content (AvgIpc) is 2.98. The topological polar surface area (TPSA) is 187 Å². The van der Waals surface area contributed by atoms with E-state index < -0.39 is 11.9 Å². The van der Waals surface area contributed by atoms with Gasteiger partial charge in [-0.1, -0.05) is 30.7 Å². The zero-order valence-corrected chi connectivity index (χ0v) is 22.5. The normalized spacial score (nSPS) is 14.0. The van der Waals surface area contributed by atoms with E-state index in [0.717, 1.165) is 42.7 Å². The second kappa shape index (κ2) is 14.3. The third-order valence-electron chi connectivity index (χ3n) is 6.68. The van der Waals surface area contributed by atoms with Crippen molar-refractivity contribution in [3.63, 3.8) is 0 Å². The first-order chi connectivity index (χ1) is 19.5. The molecule has 212 valence electrons. The lowest BCUT2D eigenvalue weighted by molar-refractivity contribution is -0.122. The number of nitrogen functional groups attached to an aromatic ring is 1. The summed E-state index contributed by atoms with van der Waals surface area (Å²) in [7, 11) is 0. The van der Waals surface area contributed by atoms with Gasteiger partial charge in [0.1, 0.15) is 0 Å². The molecule has 8 N–H and O–H groups in total. The van der Waals surface area contributed by atoms with E-state index in [1.165, 1.54) is 6.20 Å². The predicted molar refractivity (Wildman–Crippen MR) is 155 cm³/mol. The lowest BCUT2D eigenvalue weighted by Crippen LogP contribution is -2.41. The Balaban J connectivity index is 1.37. The van der Waals surface area contributed by atoms with Gasteiger partial charge in [0.2, 0.25) is 5.91 Å². The molecule has 0 bridgehead atoms. The Morgan fingerprint density at radius 2 is 1.85 bits per heavy atom. The molecule has 0 saturated carbocycles. The quantitative estimate of drug-likeness (QED) is 0.207. The fourth-order valence-electron chi connectivity index (χ4n) is 4.39. The summed E-state index contributed by atoms with van der Waals surface area (Å²) in [6.45, 7) is 3.75. The fraction of sp³-hybridized carbons (Fsp3) is 0.393. The molecule has 1 atom stereocenters. The molecule has 12 nitrogen and oxygen atoms in total. The second-order valence-corrected chi connectivity index (χ2v) is 9.56. The number of ether oxygens (including phenoxy) is 1. The van der Waals surface area contributed by atoms with Crippen molar-refractivity contribution in [1.82, 2.24) is 20.3 Å². The van der Waals surface area contributed by atoms with Crippen LogP contribution < -0.4 is 32.7 Å². The maximum atomic E-state index is 13.2. The van der Waals surface area contributed by atoms with E-state index in [1.807, 2.05) is 30.3 Å². The fourth-order valence-corrected chi connectivity index (χ4v) is 4.39. The van der Waals surface area contributed by atoms with Crippen LogP contribution in [0.4, 0.5) is 17.2 Å². The highest BCUT2D eigenvalue weighted by Crippen LogP contribution is 2.26. The van der Waals surface area contributed by atoms with E-state index >= 15 is 0 Å². The minimum Gasteiger partial charge on any atom is -0.382 e. The first kappa shape index (κ1) is 28.9. The number of aromatic nitrogens is 3. The molecule has 2 amide bonds. The summed E-state index contributed by atoms with van der Waals surface area (Å²) in [5, 5.41) is 5.78. The number of unbranched alkanes of at least 4 members (excludes halogenated alkanes) is 1. The number of anilines is 3. The molecule has 3 aromatic rings. The maximum Gasteiger partial charge on any atom is 0.278 e. The Kier molecular flexibility index (Phi) is 10.3. The number of nitrogens with two attached hydrogens (primary N) is 3. The van der Waals surface area contributed by atoms with E-state index in [4.69, 9.17) is 21.9 Å². The maximum absolute atomic E-state index is 13.2. The van der Waals surface area contributed by atoms with E-state index in [9.17, 15) is 9.59 Å². The lowest BCUT2D eigenvalue weighted by Gasteiger charge is -2.30. The number of morpholine rings is 1. The van der Waals surface area contributed by atoms with Gasteiger partial charge >= 0.3 is 0 Å². The standard InChI is InChI=1S/C28H37N9O3/c29-10-2-1-3-21(30)27(38)33-12-8-19-4-6-20(7-5-19)22-18-34-26(31)25(35-22)28(39)36-23-17-32-11-9-24(23)37-13-15-40-16-14-37/h4-7,9,11,17-18,21H,1-3,8,10,12-16,29-30H2,(H2,31,34)(H,33,38)(H,36,39). The van der Waals surface area contributed by atoms with Crippen molar-refractivity contribution < 1.29 is 14.3 Å². The summed E-state index contributed by atoms with van der Waals surface area (Å²) in [6, 6.07) is 9.03. The molecule has 0 radical (unpaired) electrons. The van der Waals surface area contributed by atoms with Crippen LogP contribution in [0.1, 0.15) is 35.3 Å². The molecule has 0 aliphatic carbocycles. The predicted octanol–water partition coefficient (Wildman–Crippen LogP) is 1.32. The molecule has 4 rings (SSSR count). The number of pyridine rings is 1. The number of carbonyl (C=O) groups is 2. The number of hydrogen-bond acceptors (Lipinski definition) is 10. The van der Waals surface area contributed by atoms with Crippen molar-refractivity contribution in [3.05, 3.63) is 60.2 Å². The van der Waals surface area contributed by atoms with Crippen LogP contribution in [0.25, 0.3) is 11.3 Å². The minimum atomic E-state index is -0.520. The molecular formula is C28H37N9O3. The molecule has 1 aromatic carbocycles. The largest absolute Gasteiger partial charge is 0.382 e.